The van der Waals surface area contributed by atoms with Crippen molar-refractivity contribution >= 4 is 13.7 Å². The van der Waals surface area contributed by atoms with Crippen LogP contribution < -0.4 is 10.2 Å². The first-order chi connectivity index (χ1) is 30.5. The summed E-state index contributed by atoms with van der Waals surface area (Å²) in [5.41, 5.74) is 0. The molecule has 9 heteroatoms. The molecular formula is C54H103N2O6P. The first kappa shape index (κ1) is 61.5. The van der Waals surface area contributed by atoms with Crippen molar-refractivity contribution in [3.8, 4) is 0 Å². The van der Waals surface area contributed by atoms with E-state index in [1.165, 1.54) is 167 Å². The second kappa shape index (κ2) is 45.6. The summed E-state index contributed by atoms with van der Waals surface area (Å²) < 4.78 is 23.3. The van der Waals surface area contributed by atoms with Crippen molar-refractivity contribution in [2.45, 2.75) is 251 Å². The average Bonchev–Trinajstić information content (AvgIpc) is 3.24. The number of hydrogen-bond acceptors (Lipinski definition) is 6. The molecule has 1 amide bonds. The number of rotatable bonds is 48. The molecule has 0 aliphatic carbocycles. The molecule has 0 rings (SSSR count). The molecule has 0 aromatic carbocycles. The highest BCUT2D eigenvalue weighted by Crippen LogP contribution is 2.38. The third-order valence-corrected chi connectivity index (χ3v) is 12.7. The van der Waals surface area contributed by atoms with E-state index in [9.17, 15) is 19.4 Å². The Morgan fingerprint density at radius 3 is 1.33 bits per heavy atom. The number of unbranched alkanes of at least 4 members (excludes halogenated alkanes) is 29. The summed E-state index contributed by atoms with van der Waals surface area (Å²) in [5.74, 6) is -0.200. The quantitative estimate of drug-likeness (QED) is 0.0272. The predicted octanol–water partition coefficient (Wildman–Crippen LogP) is 15.0. The third-order valence-electron chi connectivity index (χ3n) is 11.8. The van der Waals surface area contributed by atoms with Crippen LogP contribution in [-0.2, 0) is 18.4 Å². The van der Waals surface area contributed by atoms with Crippen LogP contribution in [0.5, 0.6) is 0 Å². The van der Waals surface area contributed by atoms with E-state index in [1.54, 1.807) is 6.08 Å². The molecule has 0 radical (unpaired) electrons. The first-order valence-corrected chi connectivity index (χ1v) is 28.0. The zero-order valence-electron chi connectivity index (χ0n) is 42.0. The zero-order valence-corrected chi connectivity index (χ0v) is 42.9. The summed E-state index contributed by atoms with van der Waals surface area (Å²) in [7, 11) is 1.26. The number of likely N-dealkylation sites (N-methyl/N-ethyl adjacent to an activating group) is 1. The molecule has 0 saturated heterocycles. The Labute approximate surface area is 390 Å². The maximum atomic E-state index is 12.9. The molecule has 0 aliphatic rings. The summed E-state index contributed by atoms with van der Waals surface area (Å²) in [5, 5.41) is 13.8. The fourth-order valence-corrected chi connectivity index (χ4v) is 8.29. The van der Waals surface area contributed by atoms with Crippen molar-refractivity contribution < 1.29 is 32.9 Å². The lowest BCUT2D eigenvalue weighted by Gasteiger charge is -2.29. The van der Waals surface area contributed by atoms with Crippen LogP contribution in [0.25, 0.3) is 0 Å². The summed E-state index contributed by atoms with van der Waals surface area (Å²) in [6.07, 6.45) is 58.8. The molecule has 0 aromatic heterocycles. The van der Waals surface area contributed by atoms with Crippen LogP contribution in [0.3, 0.4) is 0 Å². The van der Waals surface area contributed by atoms with Gasteiger partial charge in [0.1, 0.15) is 13.2 Å². The number of aliphatic hydroxyl groups is 1. The van der Waals surface area contributed by atoms with E-state index >= 15 is 0 Å². The summed E-state index contributed by atoms with van der Waals surface area (Å²) >= 11 is 0. The van der Waals surface area contributed by atoms with Gasteiger partial charge in [-0.25, -0.2) is 0 Å². The molecular weight excluding hydrogens is 804 g/mol. The number of carbonyl (C=O) groups excluding carboxylic acids is 1. The fraction of sp³-hybridized carbons (Fsp3) is 0.833. The molecule has 0 fully saturated rings. The van der Waals surface area contributed by atoms with Crippen LogP contribution in [0.15, 0.2) is 48.6 Å². The Morgan fingerprint density at radius 2 is 0.921 bits per heavy atom. The van der Waals surface area contributed by atoms with Crippen molar-refractivity contribution in [2.24, 2.45) is 0 Å². The Hall–Kier alpha value is -1.54. The molecule has 0 aliphatic heterocycles. The van der Waals surface area contributed by atoms with Crippen LogP contribution in [0.4, 0.5) is 0 Å². The highest BCUT2D eigenvalue weighted by molar-refractivity contribution is 7.45. The van der Waals surface area contributed by atoms with Gasteiger partial charge in [-0.2, -0.15) is 0 Å². The summed E-state index contributed by atoms with van der Waals surface area (Å²) in [6.45, 7) is 4.64. The second-order valence-corrected chi connectivity index (χ2v) is 20.6. The number of carbonyl (C=O) groups is 1. The van der Waals surface area contributed by atoms with Gasteiger partial charge in [-0.3, -0.25) is 9.36 Å². The lowest BCUT2D eigenvalue weighted by Crippen LogP contribution is -2.45. The third kappa shape index (κ3) is 48.2. The predicted molar refractivity (Wildman–Crippen MR) is 270 cm³/mol. The first-order valence-electron chi connectivity index (χ1n) is 26.5. The summed E-state index contributed by atoms with van der Waals surface area (Å²) in [6, 6.07) is -0.887. The van der Waals surface area contributed by atoms with E-state index in [2.05, 4.69) is 55.6 Å². The zero-order chi connectivity index (χ0) is 46.4. The topological polar surface area (TPSA) is 108 Å². The normalized spacial score (nSPS) is 14.5. The van der Waals surface area contributed by atoms with Crippen LogP contribution in [0.2, 0.25) is 0 Å². The maximum absolute atomic E-state index is 12.9. The number of nitrogens with one attached hydrogen (secondary N) is 1. The van der Waals surface area contributed by atoms with E-state index in [-0.39, 0.29) is 19.1 Å². The van der Waals surface area contributed by atoms with Gasteiger partial charge in [0.2, 0.25) is 5.91 Å². The molecule has 370 valence electrons. The Bertz CT molecular complexity index is 1170. The van der Waals surface area contributed by atoms with Gasteiger partial charge < -0.3 is 28.8 Å². The van der Waals surface area contributed by atoms with Crippen molar-refractivity contribution in [1.82, 2.24) is 5.32 Å². The van der Waals surface area contributed by atoms with Crippen LogP contribution in [-0.4, -0.2) is 68.5 Å². The van der Waals surface area contributed by atoms with E-state index in [1.807, 2.05) is 27.2 Å². The van der Waals surface area contributed by atoms with Crippen LogP contribution in [0, 0.1) is 0 Å². The lowest BCUT2D eigenvalue weighted by atomic mass is 10.0. The highest BCUT2D eigenvalue weighted by atomic mass is 31.2. The van der Waals surface area contributed by atoms with Crippen LogP contribution >= 0.6 is 7.82 Å². The smallest absolute Gasteiger partial charge is 0.268 e. The lowest BCUT2D eigenvalue weighted by molar-refractivity contribution is -0.870. The van der Waals surface area contributed by atoms with Crippen molar-refractivity contribution in [2.75, 3.05) is 40.9 Å². The molecule has 8 nitrogen and oxygen atoms in total. The Kier molecular flexibility index (Phi) is 44.5. The van der Waals surface area contributed by atoms with Gasteiger partial charge >= 0.3 is 0 Å². The van der Waals surface area contributed by atoms with E-state index in [0.717, 1.165) is 51.4 Å². The van der Waals surface area contributed by atoms with Crippen molar-refractivity contribution in [3.63, 3.8) is 0 Å². The highest BCUT2D eigenvalue weighted by Gasteiger charge is 2.23. The van der Waals surface area contributed by atoms with E-state index in [4.69, 9.17) is 9.05 Å². The van der Waals surface area contributed by atoms with Gasteiger partial charge in [-0.05, 0) is 57.8 Å². The Balaban J connectivity index is 4.20. The SMILES string of the molecule is CCCCCCC/C=C\C/C=C\C/C=C\CCCCCCCCCCCCCCC(=O)NC(COP(=O)([O-])OCC[N+](C)(C)C)C(O)/C=C/CCCCCCCCCCCCCC. The number of allylic oxidation sites excluding steroid dienone is 7. The van der Waals surface area contributed by atoms with E-state index in [0.29, 0.717) is 17.4 Å². The molecule has 0 saturated carbocycles. The molecule has 0 heterocycles. The molecule has 0 spiro atoms. The monoisotopic (exact) mass is 907 g/mol. The largest absolute Gasteiger partial charge is 0.756 e. The van der Waals surface area contributed by atoms with Crippen molar-refractivity contribution in [1.29, 1.82) is 0 Å². The fourth-order valence-electron chi connectivity index (χ4n) is 7.57. The van der Waals surface area contributed by atoms with Crippen LogP contribution in [0.1, 0.15) is 239 Å². The number of nitrogens with zero attached hydrogens (tertiary/aromatic N) is 1. The number of phosphoric acid groups is 1. The van der Waals surface area contributed by atoms with Gasteiger partial charge in [-0.1, -0.05) is 223 Å². The number of hydrogen-bond donors (Lipinski definition) is 2. The van der Waals surface area contributed by atoms with E-state index < -0.39 is 20.0 Å². The molecule has 3 unspecified atom stereocenters. The van der Waals surface area contributed by atoms with Gasteiger partial charge in [0.15, 0.2) is 0 Å². The van der Waals surface area contributed by atoms with Gasteiger partial charge in [0.25, 0.3) is 7.82 Å². The molecule has 0 aromatic rings. The molecule has 0 bridgehead atoms. The minimum atomic E-state index is -4.59. The average molecular weight is 907 g/mol. The standard InChI is InChI=1S/C54H103N2O6P/c1-6-8-10-12-14-16-18-20-22-23-24-25-26-27-28-29-30-31-32-33-34-36-38-40-42-44-46-48-54(58)55-52(51-62-63(59,60)61-50-49-56(3,4)5)53(57)47-45-43-41-39-37-35-21-19-17-15-13-11-9-7-2/h18,20,23-24,26-27,45,47,52-53,57H,6-17,19,21-22,25,28-44,46,48-51H2,1-5H3,(H-,55,58,59,60)/b20-18-,24-23-,27-26-,47-45+. The number of aliphatic hydroxyl groups excluding tert-OH is 1. The number of phosphoric ester groups is 1. The number of quaternary nitrogens is 1. The maximum Gasteiger partial charge on any atom is 0.268 e. The molecule has 2 N–H and O–H groups in total. The number of amides is 1. The van der Waals surface area contributed by atoms with Gasteiger partial charge in [0.05, 0.1) is 39.9 Å². The molecule has 3 atom stereocenters. The molecule has 63 heavy (non-hydrogen) atoms. The van der Waals surface area contributed by atoms with Crippen molar-refractivity contribution in [3.05, 3.63) is 48.6 Å². The Morgan fingerprint density at radius 1 is 0.556 bits per heavy atom. The second-order valence-electron chi connectivity index (χ2n) is 19.2. The minimum absolute atomic E-state index is 0.00197. The van der Waals surface area contributed by atoms with Gasteiger partial charge in [0, 0.05) is 6.42 Å². The minimum Gasteiger partial charge on any atom is -0.756 e. The summed E-state index contributed by atoms with van der Waals surface area (Å²) in [4.78, 5) is 25.4. The van der Waals surface area contributed by atoms with Gasteiger partial charge in [-0.15, -0.1) is 0 Å².